The Hall–Kier alpha value is -1.65. The lowest BCUT2D eigenvalue weighted by molar-refractivity contribution is 0.448. The average molecular weight is 245 g/mol. The highest BCUT2D eigenvalue weighted by Gasteiger charge is 2.02. The topological polar surface area (TPSA) is 40.5 Å². The van der Waals surface area contributed by atoms with Gasteiger partial charge in [0, 0.05) is 5.56 Å². The summed E-state index contributed by atoms with van der Waals surface area (Å²) in [6.07, 6.45) is 1.01. The van der Waals surface area contributed by atoms with Gasteiger partial charge in [-0.3, -0.25) is 0 Å². The third-order valence-corrected chi connectivity index (χ3v) is 2.55. The number of hydrogen-bond acceptors (Lipinski definition) is 2. The molecule has 0 amide bonds. The van der Waals surface area contributed by atoms with Crippen LogP contribution in [0.15, 0.2) is 48.5 Å². The molecular weight excluding hydrogens is 230 g/mol. The number of halogens is 1. The molecule has 0 aliphatic heterocycles. The Morgan fingerprint density at radius 3 is 2.06 bits per heavy atom. The van der Waals surface area contributed by atoms with Crippen molar-refractivity contribution in [3.8, 4) is 11.1 Å². The Balaban J connectivity index is 0.000000492. The van der Waals surface area contributed by atoms with Crippen LogP contribution in [0, 0.1) is 5.82 Å². The van der Waals surface area contributed by atoms with Crippen LogP contribution < -0.4 is 0 Å². The van der Waals surface area contributed by atoms with Crippen LogP contribution in [0.3, 0.4) is 0 Å². The third-order valence-electron chi connectivity index (χ3n) is 2.55. The van der Waals surface area contributed by atoms with E-state index in [-0.39, 0.29) is 13.5 Å². The second kappa shape index (κ2) is 7.64. The predicted octanol–water partition coefficient (Wildman–Crippen LogP) is 2.56. The van der Waals surface area contributed by atoms with Crippen molar-refractivity contribution in [3.63, 3.8) is 0 Å². The summed E-state index contributed by atoms with van der Waals surface area (Å²) in [6.45, 7) is 2.11. The van der Waals surface area contributed by atoms with Crippen LogP contribution in [0.1, 0.15) is 12.5 Å². The van der Waals surface area contributed by atoms with E-state index in [1.54, 1.807) is 12.1 Å². The highest BCUT2D eigenvalue weighted by Crippen LogP contribution is 2.22. The van der Waals surface area contributed by atoms with Gasteiger partial charge in [-0.25, -0.2) is 4.39 Å². The van der Waals surface area contributed by atoms with Crippen LogP contribution in [-0.4, -0.2) is 17.7 Å². The van der Waals surface area contributed by atoms with E-state index < -0.39 is 0 Å². The van der Waals surface area contributed by atoms with Crippen molar-refractivity contribution < 1.29 is 14.4 Å². The first-order chi connectivity index (χ1) is 8.72. The molecule has 0 spiro atoms. The van der Waals surface area contributed by atoms with Gasteiger partial charge in [-0.15, -0.1) is 0 Å². The molecule has 2 aromatic rings. The standard InChI is InChI=1S/C14H13F.BH2O2/c1-2-11-7-9-12(10-8-11)13-5-3-4-6-14(13)15;2-1-3/h3-10H,2H2,1H3;2-3H. The van der Waals surface area contributed by atoms with Gasteiger partial charge in [0.25, 0.3) is 0 Å². The van der Waals surface area contributed by atoms with Crippen LogP contribution in [0.5, 0.6) is 0 Å². The molecule has 93 valence electrons. The zero-order valence-electron chi connectivity index (χ0n) is 10.2. The van der Waals surface area contributed by atoms with Crippen LogP contribution in [0.25, 0.3) is 11.1 Å². The zero-order chi connectivity index (χ0) is 13.4. The number of rotatable bonds is 2. The molecule has 2 aromatic carbocycles. The molecule has 0 aromatic heterocycles. The Morgan fingerprint density at radius 1 is 1.00 bits per heavy atom. The maximum atomic E-state index is 13.5. The molecule has 0 aliphatic rings. The highest BCUT2D eigenvalue weighted by molar-refractivity contribution is 6.13. The van der Waals surface area contributed by atoms with E-state index in [0.29, 0.717) is 5.56 Å². The number of benzene rings is 2. The largest absolute Gasteiger partial charge is 0.482 e. The molecule has 0 fully saturated rings. The van der Waals surface area contributed by atoms with Crippen LogP contribution in [0.2, 0.25) is 0 Å². The molecule has 0 saturated carbocycles. The number of aryl methyl sites for hydroxylation is 1. The van der Waals surface area contributed by atoms with Crippen molar-refractivity contribution >= 4 is 7.69 Å². The van der Waals surface area contributed by atoms with Crippen LogP contribution in [-0.2, 0) is 6.42 Å². The van der Waals surface area contributed by atoms with Gasteiger partial charge in [0.2, 0.25) is 0 Å². The van der Waals surface area contributed by atoms with E-state index in [0.717, 1.165) is 12.0 Å². The van der Waals surface area contributed by atoms with Gasteiger partial charge in [-0.05, 0) is 23.6 Å². The Bertz CT molecular complexity index is 471. The summed E-state index contributed by atoms with van der Waals surface area (Å²) in [5.41, 5.74) is 2.88. The molecule has 0 heterocycles. The van der Waals surface area contributed by atoms with Crippen molar-refractivity contribution in [1.29, 1.82) is 0 Å². The molecule has 0 bridgehead atoms. The first-order valence-corrected chi connectivity index (χ1v) is 5.66. The monoisotopic (exact) mass is 245 g/mol. The maximum absolute atomic E-state index is 13.5. The maximum Gasteiger partial charge on any atom is 0.482 e. The molecular formula is C14H15BFO2. The molecule has 2 N–H and O–H groups in total. The van der Waals surface area contributed by atoms with E-state index in [4.69, 9.17) is 10.0 Å². The molecule has 4 heteroatoms. The summed E-state index contributed by atoms with van der Waals surface area (Å²) in [5, 5.41) is 14.0. The number of hydrogen-bond donors (Lipinski definition) is 2. The Labute approximate surface area is 107 Å². The van der Waals surface area contributed by atoms with Gasteiger partial charge in [-0.1, -0.05) is 49.4 Å². The summed E-state index contributed by atoms with van der Waals surface area (Å²) < 4.78 is 13.5. The van der Waals surface area contributed by atoms with Gasteiger partial charge in [0.05, 0.1) is 0 Å². The fraction of sp³-hybridized carbons (Fsp3) is 0.143. The average Bonchev–Trinajstić information content (AvgIpc) is 2.40. The van der Waals surface area contributed by atoms with E-state index in [9.17, 15) is 4.39 Å². The molecule has 0 atom stereocenters. The van der Waals surface area contributed by atoms with Crippen molar-refractivity contribution in [2.24, 2.45) is 0 Å². The van der Waals surface area contributed by atoms with Crippen LogP contribution >= 0.6 is 0 Å². The normalized spacial score (nSPS) is 9.33. The molecule has 0 saturated heterocycles. The minimum absolute atomic E-state index is 0. The summed E-state index contributed by atoms with van der Waals surface area (Å²) in [6, 6.07) is 14.9. The predicted molar refractivity (Wildman–Crippen MR) is 71.4 cm³/mol. The Morgan fingerprint density at radius 2 is 1.56 bits per heavy atom. The smallest absolute Gasteiger partial charge is 0.429 e. The lowest BCUT2D eigenvalue weighted by Gasteiger charge is -2.04. The van der Waals surface area contributed by atoms with Gasteiger partial charge < -0.3 is 10.0 Å². The van der Waals surface area contributed by atoms with E-state index >= 15 is 0 Å². The van der Waals surface area contributed by atoms with E-state index in [1.165, 1.54) is 11.6 Å². The molecule has 2 nitrogen and oxygen atoms in total. The molecule has 2 rings (SSSR count). The summed E-state index contributed by atoms with van der Waals surface area (Å²) >= 11 is 0. The fourth-order valence-corrected chi connectivity index (χ4v) is 1.62. The summed E-state index contributed by atoms with van der Waals surface area (Å²) in [4.78, 5) is 0. The molecule has 18 heavy (non-hydrogen) atoms. The van der Waals surface area contributed by atoms with Crippen LogP contribution in [0.4, 0.5) is 4.39 Å². The first kappa shape index (κ1) is 14.4. The highest BCUT2D eigenvalue weighted by atomic mass is 19.1. The summed E-state index contributed by atoms with van der Waals surface area (Å²) in [7, 11) is 0. The van der Waals surface area contributed by atoms with Crippen molar-refractivity contribution in [3.05, 3.63) is 59.9 Å². The second-order valence-corrected chi connectivity index (χ2v) is 3.65. The quantitative estimate of drug-likeness (QED) is 0.798. The minimum Gasteiger partial charge on any atom is -0.429 e. The lowest BCUT2D eigenvalue weighted by atomic mass is 10.0. The Kier molecular flexibility index (Phi) is 6.12. The second-order valence-electron chi connectivity index (χ2n) is 3.65. The van der Waals surface area contributed by atoms with Crippen molar-refractivity contribution in [2.45, 2.75) is 13.3 Å². The van der Waals surface area contributed by atoms with Gasteiger partial charge >= 0.3 is 7.69 Å². The van der Waals surface area contributed by atoms with E-state index in [2.05, 4.69) is 6.92 Å². The molecule has 1 radical (unpaired) electrons. The van der Waals surface area contributed by atoms with Crippen molar-refractivity contribution in [2.75, 3.05) is 0 Å². The fourth-order valence-electron chi connectivity index (χ4n) is 1.62. The van der Waals surface area contributed by atoms with Gasteiger partial charge in [0.1, 0.15) is 5.82 Å². The van der Waals surface area contributed by atoms with Gasteiger partial charge in [-0.2, -0.15) is 0 Å². The van der Waals surface area contributed by atoms with Crippen molar-refractivity contribution in [1.82, 2.24) is 0 Å². The SMILES string of the molecule is CCc1ccc(-c2ccccc2F)cc1.O[B]O. The first-order valence-electron chi connectivity index (χ1n) is 5.66. The summed E-state index contributed by atoms with van der Waals surface area (Å²) in [5.74, 6) is -0.165. The molecule has 0 unspecified atom stereocenters. The van der Waals surface area contributed by atoms with E-state index in [1.807, 2.05) is 30.3 Å². The lowest BCUT2D eigenvalue weighted by Crippen LogP contribution is -1.84. The minimum atomic E-state index is -0.165. The zero-order valence-corrected chi connectivity index (χ0v) is 10.2. The van der Waals surface area contributed by atoms with Gasteiger partial charge in [0.15, 0.2) is 0 Å². The third kappa shape index (κ3) is 3.98. The molecule has 0 aliphatic carbocycles.